The van der Waals surface area contributed by atoms with Gasteiger partial charge in [0.1, 0.15) is 0 Å². The molecular weight excluding hydrogens is 378 g/mol. The molecule has 0 radical (unpaired) electrons. The summed E-state index contributed by atoms with van der Waals surface area (Å²) >= 11 is 0. The van der Waals surface area contributed by atoms with E-state index in [1.165, 1.54) is 10.5 Å². The molecule has 1 fully saturated rings. The van der Waals surface area contributed by atoms with Crippen LogP contribution in [0.25, 0.3) is 5.69 Å². The summed E-state index contributed by atoms with van der Waals surface area (Å²) in [5.41, 5.74) is 3.96. The van der Waals surface area contributed by atoms with Crippen molar-refractivity contribution >= 4 is 11.8 Å². The van der Waals surface area contributed by atoms with E-state index in [0.29, 0.717) is 12.5 Å². The highest BCUT2D eigenvalue weighted by Crippen LogP contribution is 2.31. The zero-order chi connectivity index (χ0) is 20.9. The second-order valence-electron chi connectivity index (χ2n) is 7.66. The van der Waals surface area contributed by atoms with Crippen LogP contribution in [0.2, 0.25) is 0 Å². The number of anilines is 1. The van der Waals surface area contributed by atoms with Gasteiger partial charge in [0.05, 0.1) is 17.6 Å². The molecule has 1 aromatic heterocycles. The second-order valence-corrected chi connectivity index (χ2v) is 7.66. The minimum atomic E-state index is -0.909. The highest BCUT2D eigenvalue weighted by molar-refractivity contribution is 5.86. The molecule has 4 rings (SSSR count). The summed E-state index contributed by atoms with van der Waals surface area (Å²) in [6, 6.07) is 18.0. The van der Waals surface area contributed by atoms with Gasteiger partial charge in [-0.15, -0.1) is 5.10 Å². The zero-order valence-corrected chi connectivity index (χ0v) is 17.2. The molecule has 30 heavy (non-hydrogen) atoms. The van der Waals surface area contributed by atoms with Crippen molar-refractivity contribution in [1.29, 1.82) is 0 Å². The quantitative estimate of drug-likeness (QED) is 0.667. The molecule has 1 aliphatic heterocycles. The molecule has 1 saturated heterocycles. The summed E-state index contributed by atoms with van der Waals surface area (Å²) in [7, 11) is 0. The maximum atomic E-state index is 11.4. The van der Waals surface area contributed by atoms with Gasteiger partial charge in [0.25, 0.3) is 0 Å². The highest BCUT2D eigenvalue weighted by atomic mass is 16.4. The molecule has 7 nitrogen and oxygen atoms in total. The minimum Gasteiger partial charge on any atom is -0.465 e. The van der Waals surface area contributed by atoms with Crippen LogP contribution < -0.4 is 4.90 Å². The van der Waals surface area contributed by atoms with Gasteiger partial charge in [-0.05, 0) is 68.6 Å². The Balaban J connectivity index is 1.36. The molecule has 0 bridgehead atoms. The molecule has 0 aliphatic carbocycles. The number of aromatic nitrogens is 3. The van der Waals surface area contributed by atoms with Gasteiger partial charge in [0, 0.05) is 18.8 Å². The number of amides is 1. The lowest BCUT2D eigenvalue weighted by molar-refractivity contribution is 0.201. The number of nitrogens with zero attached hydrogens (tertiary/aromatic N) is 5. The van der Waals surface area contributed by atoms with E-state index < -0.39 is 6.09 Å². The average molecular weight is 406 g/mol. The van der Waals surface area contributed by atoms with Crippen LogP contribution in [0, 0.1) is 0 Å². The van der Waals surface area contributed by atoms with Crippen LogP contribution in [-0.2, 0) is 6.54 Å². The fraction of sp³-hybridized carbons (Fsp3) is 0.348. The van der Waals surface area contributed by atoms with Gasteiger partial charge < -0.3 is 5.11 Å². The first-order valence-corrected chi connectivity index (χ1v) is 10.4. The Morgan fingerprint density at radius 1 is 1.13 bits per heavy atom. The Morgan fingerprint density at radius 3 is 2.60 bits per heavy atom. The SMILES string of the molecule is CCN(C(=O)O)c1cccc(C2CCN(Cc3cn(-c4ccccc4)nn3)CC2)c1. The van der Waals surface area contributed by atoms with Gasteiger partial charge in [0.2, 0.25) is 0 Å². The summed E-state index contributed by atoms with van der Waals surface area (Å²) in [5, 5.41) is 18.0. The molecular formula is C23H27N5O2. The highest BCUT2D eigenvalue weighted by Gasteiger charge is 2.22. The molecule has 0 saturated carbocycles. The van der Waals surface area contributed by atoms with E-state index in [9.17, 15) is 9.90 Å². The fourth-order valence-electron chi connectivity index (χ4n) is 4.11. The number of piperidine rings is 1. The zero-order valence-electron chi connectivity index (χ0n) is 17.2. The maximum Gasteiger partial charge on any atom is 0.411 e. The van der Waals surface area contributed by atoms with Gasteiger partial charge in [-0.3, -0.25) is 9.80 Å². The van der Waals surface area contributed by atoms with E-state index >= 15 is 0 Å². The van der Waals surface area contributed by atoms with E-state index in [1.807, 2.05) is 66.3 Å². The van der Waals surface area contributed by atoms with Gasteiger partial charge in [-0.25, -0.2) is 9.48 Å². The average Bonchev–Trinajstić information content (AvgIpc) is 3.24. The van der Waals surface area contributed by atoms with Crippen LogP contribution in [0.15, 0.2) is 60.8 Å². The molecule has 7 heteroatoms. The number of para-hydroxylation sites is 1. The number of rotatable bonds is 6. The normalized spacial score (nSPS) is 15.2. The van der Waals surface area contributed by atoms with Crippen molar-refractivity contribution < 1.29 is 9.90 Å². The number of carbonyl (C=O) groups is 1. The van der Waals surface area contributed by atoms with Gasteiger partial charge in [-0.1, -0.05) is 35.5 Å². The van der Waals surface area contributed by atoms with E-state index in [1.54, 1.807) is 0 Å². The summed E-state index contributed by atoms with van der Waals surface area (Å²) < 4.78 is 1.81. The Labute approximate surface area is 176 Å². The van der Waals surface area contributed by atoms with E-state index in [4.69, 9.17) is 0 Å². The molecule has 0 unspecified atom stereocenters. The lowest BCUT2D eigenvalue weighted by Gasteiger charge is -2.32. The topological polar surface area (TPSA) is 74.5 Å². The fourth-order valence-corrected chi connectivity index (χ4v) is 4.11. The lowest BCUT2D eigenvalue weighted by atomic mass is 9.89. The molecule has 156 valence electrons. The Morgan fingerprint density at radius 2 is 1.90 bits per heavy atom. The van der Waals surface area contributed by atoms with Crippen LogP contribution in [0.3, 0.4) is 0 Å². The first kappa shape index (κ1) is 20.1. The van der Waals surface area contributed by atoms with Crippen molar-refractivity contribution in [3.63, 3.8) is 0 Å². The van der Waals surface area contributed by atoms with Gasteiger partial charge in [0.15, 0.2) is 0 Å². The standard InChI is InChI=1S/C23H27N5O2/c1-2-27(23(29)30)22-10-6-7-19(15-22)18-11-13-26(14-12-18)16-20-17-28(25-24-20)21-8-4-3-5-9-21/h3-10,15,17-18H,2,11-14,16H2,1H3,(H,29,30). The van der Waals surface area contributed by atoms with Crippen LogP contribution in [0.4, 0.5) is 10.5 Å². The monoisotopic (exact) mass is 405 g/mol. The molecule has 1 N–H and O–H groups in total. The van der Waals surface area contributed by atoms with E-state index in [2.05, 4.69) is 21.3 Å². The Hall–Kier alpha value is -3.19. The van der Waals surface area contributed by atoms with Crippen molar-refractivity contribution in [2.75, 3.05) is 24.5 Å². The number of benzene rings is 2. The summed E-state index contributed by atoms with van der Waals surface area (Å²) in [6.45, 7) is 5.07. The minimum absolute atomic E-state index is 0.445. The van der Waals surface area contributed by atoms with Gasteiger partial charge in [-0.2, -0.15) is 0 Å². The second kappa shape index (κ2) is 9.09. The number of hydrogen-bond acceptors (Lipinski definition) is 4. The number of hydrogen-bond donors (Lipinski definition) is 1. The van der Waals surface area contributed by atoms with Crippen LogP contribution in [0.1, 0.15) is 36.9 Å². The molecule has 1 aliphatic rings. The van der Waals surface area contributed by atoms with Crippen molar-refractivity contribution in [3.05, 3.63) is 72.1 Å². The molecule has 0 spiro atoms. The predicted octanol–water partition coefficient (Wildman–Crippen LogP) is 4.15. The van der Waals surface area contributed by atoms with Gasteiger partial charge >= 0.3 is 6.09 Å². The van der Waals surface area contributed by atoms with E-state index in [0.717, 1.165) is 49.5 Å². The smallest absolute Gasteiger partial charge is 0.411 e. The Bertz CT molecular complexity index is 980. The molecule has 2 heterocycles. The molecule has 1 amide bonds. The largest absolute Gasteiger partial charge is 0.465 e. The summed E-state index contributed by atoms with van der Waals surface area (Å²) in [4.78, 5) is 15.2. The Kier molecular flexibility index (Phi) is 6.09. The maximum absolute atomic E-state index is 11.4. The number of likely N-dealkylation sites (tertiary alicyclic amines) is 1. The first-order chi connectivity index (χ1) is 14.6. The predicted molar refractivity (Wildman–Crippen MR) is 116 cm³/mol. The van der Waals surface area contributed by atoms with Crippen LogP contribution in [-0.4, -0.2) is 50.7 Å². The first-order valence-electron chi connectivity index (χ1n) is 10.4. The molecule has 0 atom stereocenters. The van der Waals surface area contributed by atoms with E-state index in [-0.39, 0.29) is 0 Å². The summed E-state index contributed by atoms with van der Waals surface area (Å²) in [5.74, 6) is 0.453. The third kappa shape index (κ3) is 4.52. The lowest BCUT2D eigenvalue weighted by Crippen LogP contribution is -2.33. The summed E-state index contributed by atoms with van der Waals surface area (Å²) in [6.07, 6.45) is 3.19. The van der Waals surface area contributed by atoms with Crippen LogP contribution in [0.5, 0.6) is 0 Å². The van der Waals surface area contributed by atoms with Crippen LogP contribution >= 0.6 is 0 Å². The van der Waals surface area contributed by atoms with Crippen molar-refractivity contribution in [3.8, 4) is 5.69 Å². The molecule has 3 aromatic rings. The third-order valence-electron chi connectivity index (χ3n) is 5.74. The van der Waals surface area contributed by atoms with Crippen molar-refractivity contribution in [1.82, 2.24) is 19.9 Å². The third-order valence-corrected chi connectivity index (χ3v) is 5.74. The van der Waals surface area contributed by atoms with Crippen molar-refractivity contribution in [2.45, 2.75) is 32.2 Å². The number of carboxylic acid groups (broad SMARTS) is 1. The van der Waals surface area contributed by atoms with Crippen molar-refractivity contribution in [2.24, 2.45) is 0 Å². The molecule has 2 aromatic carbocycles.